The lowest BCUT2D eigenvalue weighted by Gasteiger charge is -2.30. The third-order valence-electron chi connectivity index (χ3n) is 8.16. The number of rotatable bonds is 19. The van der Waals surface area contributed by atoms with Crippen LogP contribution in [-0.2, 0) is 22.7 Å². The lowest BCUT2D eigenvalue weighted by Crippen LogP contribution is -2.59. The third-order valence-corrected chi connectivity index (χ3v) is 9.66. The van der Waals surface area contributed by atoms with E-state index in [9.17, 15) is 24.3 Å². The Bertz CT molecular complexity index is 1180. The van der Waals surface area contributed by atoms with Crippen LogP contribution in [0, 0.1) is 12.8 Å². The summed E-state index contributed by atoms with van der Waals surface area (Å²) in [7, 11) is 1.95. The molecule has 2 aliphatic heterocycles. The molecule has 1 amide bonds. The topological polar surface area (TPSA) is 147 Å². The monoisotopic (exact) mass is 650 g/mol. The number of aliphatic hydroxyl groups excluding tert-OH is 1. The van der Waals surface area contributed by atoms with Crippen LogP contribution < -0.4 is 27.2 Å². The first-order valence-electron chi connectivity index (χ1n) is 16.9. The van der Waals surface area contributed by atoms with E-state index in [0.717, 1.165) is 70.0 Å². The van der Waals surface area contributed by atoms with Crippen molar-refractivity contribution in [2.24, 2.45) is 10.9 Å². The second-order valence-electron chi connectivity index (χ2n) is 12.6. The smallest absolute Gasteiger partial charge is 0.332 e. The lowest BCUT2D eigenvalue weighted by atomic mass is 10.00. The number of unbranched alkanes of at least 4 members (excludes halogenated alkanes) is 6. The van der Waals surface area contributed by atoms with E-state index < -0.39 is 0 Å². The number of nitrogens with zero attached hydrogens (tertiary/aromatic N) is 3. The molecule has 45 heavy (non-hydrogen) atoms. The van der Waals surface area contributed by atoms with E-state index in [2.05, 4.69) is 20.9 Å². The highest BCUT2D eigenvalue weighted by Crippen LogP contribution is 2.32. The molecule has 1 aromatic heterocycles. The highest BCUT2D eigenvalue weighted by Gasteiger charge is 2.39. The maximum absolute atomic E-state index is 13.1. The van der Waals surface area contributed by atoms with Crippen molar-refractivity contribution in [3.05, 3.63) is 26.4 Å². The molecular weight excluding hydrogens is 592 g/mol. The van der Waals surface area contributed by atoms with Gasteiger partial charge in [-0.25, -0.2) is 9.79 Å². The Balaban J connectivity index is 0.000000368. The standard InChI is InChI=1S/C22H40N4O3.C11H18N2O2S/c1-17(2)16-24-20-19(4)21(28)26(15-11-8-12-18(3)27)22(29)25(20)14-10-7-6-9-13-23-5;14-5-3-1-2-4-9-11-8(7-16-9)13-10(15)6-12-11/h16-18,23,27H,6-15H2,1-5H3;5,8-9,11-12H,1-4,6-7H2,(H,13,15)/b24-16-;. The SMILES string of the molecule is CNCCCCCCn1c(/N=C\C(C)C)c(C)c(=O)n(CCCCC(C)O)c1=O.O=CCCCCC1SCC2NC(=O)CNC21. The van der Waals surface area contributed by atoms with Crippen molar-refractivity contribution in [3.63, 3.8) is 0 Å². The van der Waals surface area contributed by atoms with Crippen LogP contribution in [0.4, 0.5) is 5.82 Å². The summed E-state index contributed by atoms with van der Waals surface area (Å²) in [4.78, 5) is 51.8. The van der Waals surface area contributed by atoms with Crippen LogP contribution in [0.15, 0.2) is 14.6 Å². The summed E-state index contributed by atoms with van der Waals surface area (Å²) in [5.41, 5.74) is -0.00999. The number of fused-ring (bicyclic) bond motifs is 1. The molecule has 0 bridgehead atoms. The molecule has 1 aromatic rings. The molecule has 0 saturated carbocycles. The zero-order valence-electron chi connectivity index (χ0n) is 28.2. The number of hydrogen-bond acceptors (Lipinski definition) is 9. The van der Waals surface area contributed by atoms with Crippen LogP contribution in [0.3, 0.4) is 0 Å². The zero-order valence-corrected chi connectivity index (χ0v) is 29.0. The van der Waals surface area contributed by atoms with Gasteiger partial charge in [0.05, 0.1) is 24.3 Å². The van der Waals surface area contributed by atoms with Gasteiger partial charge in [-0.05, 0) is 78.3 Å². The summed E-state index contributed by atoms with van der Waals surface area (Å²) in [6.07, 6.45) is 12.6. The van der Waals surface area contributed by atoms with E-state index in [-0.39, 0.29) is 29.2 Å². The van der Waals surface area contributed by atoms with Crippen LogP contribution in [0.5, 0.6) is 0 Å². The number of thioether (sulfide) groups is 1. The average molecular weight is 651 g/mol. The van der Waals surface area contributed by atoms with E-state index in [1.807, 2.05) is 32.7 Å². The van der Waals surface area contributed by atoms with E-state index in [4.69, 9.17) is 0 Å². The molecule has 12 heteroatoms. The molecule has 0 aliphatic carbocycles. The second-order valence-corrected chi connectivity index (χ2v) is 13.9. The predicted molar refractivity (Wildman–Crippen MR) is 185 cm³/mol. The van der Waals surface area contributed by atoms with Crippen molar-refractivity contribution in [1.29, 1.82) is 0 Å². The Morgan fingerprint density at radius 2 is 1.73 bits per heavy atom. The number of carbonyl (C=O) groups is 2. The molecule has 4 N–H and O–H groups in total. The van der Waals surface area contributed by atoms with E-state index in [1.54, 1.807) is 24.6 Å². The number of amides is 1. The molecular formula is C33H58N6O5S. The summed E-state index contributed by atoms with van der Waals surface area (Å²) in [5, 5.41) is 19.5. The lowest BCUT2D eigenvalue weighted by molar-refractivity contribution is -0.122. The Labute approximate surface area is 273 Å². The van der Waals surface area contributed by atoms with Gasteiger partial charge in [0.15, 0.2) is 0 Å². The number of aliphatic hydroxyl groups is 1. The number of nitrogens with one attached hydrogen (secondary N) is 3. The van der Waals surface area contributed by atoms with E-state index in [1.165, 1.54) is 4.57 Å². The van der Waals surface area contributed by atoms with Gasteiger partial charge in [0.2, 0.25) is 5.91 Å². The fraction of sp³-hybridized carbons (Fsp3) is 0.788. The Kier molecular flexibility index (Phi) is 18.6. The number of hydrogen-bond donors (Lipinski definition) is 4. The minimum Gasteiger partial charge on any atom is -0.393 e. The number of aliphatic imine (C=N–C) groups is 1. The largest absolute Gasteiger partial charge is 0.393 e. The summed E-state index contributed by atoms with van der Waals surface area (Å²) < 4.78 is 3.01. The van der Waals surface area contributed by atoms with Gasteiger partial charge in [0, 0.05) is 42.8 Å². The highest BCUT2D eigenvalue weighted by molar-refractivity contribution is 8.00. The van der Waals surface area contributed by atoms with Crippen molar-refractivity contribution < 1.29 is 14.7 Å². The van der Waals surface area contributed by atoms with E-state index in [0.29, 0.717) is 67.6 Å². The molecule has 0 spiro atoms. The molecule has 11 nitrogen and oxygen atoms in total. The maximum Gasteiger partial charge on any atom is 0.332 e. The first kappa shape index (κ1) is 38.9. The normalized spacial score (nSPS) is 20.2. The van der Waals surface area contributed by atoms with Gasteiger partial charge in [-0.15, -0.1) is 0 Å². The van der Waals surface area contributed by atoms with Crippen molar-refractivity contribution in [2.75, 3.05) is 25.9 Å². The van der Waals surface area contributed by atoms with Gasteiger partial charge in [-0.1, -0.05) is 33.1 Å². The van der Waals surface area contributed by atoms with Gasteiger partial charge in [-0.3, -0.25) is 18.7 Å². The Morgan fingerprint density at radius 1 is 1.02 bits per heavy atom. The molecule has 4 atom stereocenters. The Morgan fingerprint density at radius 3 is 2.42 bits per heavy atom. The first-order valence-corrected chi connectivity index (χ1v) is 17.9. The molecule has 2 saturated heterocycles. The van der Waals surface area contributed by atoms with Crippen molar-refractivity contribution in [1.82, 2.24) is 25.1 Å². The van der Waals surface area contributed by atoms with Crippen LogP contribution in [0.2, 0.25) is 0 Å². The minimum atomic E-state index is -0.360. The molecule has 256 valence electrons. The highest BCUT2D eigenvalue weighted by atomic mass is 32.2. The number of aldehydes is 1. The summed E-state index contributed by atoms with van der Waals surface area (Å²) in [6.45, 7) is 9.94. The van der Waals surface area contributed by atoms with Gasteiger partial charge in [-0.2, -0.15) is 11.8 Å². The van der Waals surface area contributed by atoms with Crippen LogP contribution >= 0.6 is 11.8 Å². The van der Waals surface area contributed by atoms with Crippen LogP contribution in [0.1, 0.15) is 97.0 Å². The van der Waals surface area contributed by atoms with Crippen molar-refractivity contribution in [2.45, 2.75) is 135 Å². The molecule has 3 rings (SSSR count). The quantitative estimate of drug-likeness (QED) is 0.101. The molecule has 0 radical (unpaired) electrons. The van der Waals surface area contributed by atoms with Crippen LogP contribution in [-0.4, -0.2) is 82.0 Å². The summed E-state index contributed by atoms with van der Waals surface area (Å²) in [6, 6.07) is 0.737. The fourth-order valence-electron chi connectivity index (χ4n) is 5.65. The average Bonchev–Trinajstić information content (AvgIpc) is 3.40. The van der Waals surface area contributed by atoms with Gasteiger partial charge in [0.1, 0.15) is 12.1 Å². The number of piperazine rings is 1. The van der Waals surface area contributed by atoms with Crippen molar-refractivity contribution >= 4 is 36.0 Å². The first-order chi connectivity index (χ1) is 21.6. The van der Waals surface area contributed by atoms with E-state index >= 15 is 0 Å². The van der Waals surface area contributed by atoms with Crippen molar-refractivity contribution in [3.8, 4) is 0 Å². The number of carbonyl (C=O) groups excluding carboxylic acids is 2. The third kappa shape index (κ3) is 13.5. The summed E-state index contributed by atoms with van der Waals surface area (Å²) >= 11 is 1.94. The van der Waals surface area contributed by atoms with Crippen LogP contribution in [0.25, 0.3) is 0 Å². The molecule has 2 aliphatic rings. The molecule has 4 unspecified atom stereocenters. The molecule has 3 heterocycles. The predicted octanol–water partition coefficient (Wildman–Crippen LogP) is 3.33. The minimum absolute atomic E-state index is 0.114. The molecule has 0 aromatic carbocycles. The second kappa shape index (κ2) is 21.5. The summed E-state index contributed by atoms with van der Waals surface area (Å²) in [5.74, 6) is 1.86. The zero-order chi connectivity index (χ0) is 33.2. The maximum atomic E-state index is 13.1. The van der Waals surface area contributed by atoms with Gasteiger partial charge < -0.3 is 25.9 Å². The Hall–Kier alpha value is -2.28. The number of aromatic nitrogens is 2. The fourth-order valence-corrected chi connectivity index (χ4v) is 7.22. The van der Waals surface area contributed by atoms with Gasteiger partial charge >= 0.3 is 5.69 Å². The molecule has 2 fully saturated rings. The van der Waals surface area contributed by atoms with Gasteiger partial charge in [0.25, 0.3) is 5.56 Å².